The van der Waals surface area contributed by atoms with Crippen LogP contribution in [-0.2, 0) is 4.74 Å². The third kappa shape index (κ3) is 2.35. The van der Waals surface area contributed by atoms with Gasteiger partial charge in [0.1, 0.15) is 5.82 Å². The van der Waals surface area contributed by atoms with E-state index in [4.69, 9.17) is 10.5 Å². The number of rotatable bonds is 6. The van der Waals surface area contributed by atoms with E-state index in [9.17, 15) is 4.39 Å². The van der Waals surface area contributed by atoms with E-state index in [-0.39, 0.29) is 11.4 Å². The summed E-state index contributed by atoms with van der Waals surface area (Å²) in [7, 11) is 3.66. The van der Waals surface area contributed by atoms with Crippen molar-refractivity contribution < 1.29 is 9.13 Å². The third-order valence-electron chi connectivity index (χ3n) is 3.95. The van der Waals surface area contributed by atoms with Crippen molar-refractivity contribution >= 4 is 5.69 Å². The largest absolute Gasteiger partial charge is 0.382 e. The van der Waals surface area contributed by atoms with Crippen LogP contribution in [0.15, 0.2) is 24.3 Å². The number of likely N-dealkylation sites (N-methyl/N-ethyl adjacent to an activating group) is 1. The zero-order valence-electron chi connectivity index (χ0n) is 11.0. The highest BCUT2D eigenvalue weighted by atomic mass is 19.1. The number of nitrogens with two attached hydrogens (primary N) is 1. The van der Waals surface area contributed by atoms with Gasteiger partial charge < -0.3 is 15.4 Å². The second-order valence-corrected chi connectivity index (χ2v) is 5.05. The van der Waals surface area contributed by atoms with Crippen molar-refractivity contribution in [1.29, 1.82) is 0 Å². The van der Waals surface area contributed by atoms with Crippen LogP contribution in [0.5, 0.6) is 0 Å². The lowest BCUT2D eigenvalue weighted by atomic mass is 9.91. The molecular formula is C14H21FN2O. The van der Waals surface area contributed by atoms with E-state index >= 15 is 0 Å². The molecule has 1 fully saturated rings. The molecule has 4 heteroatoms. The molecule has 1 atom stereocenters. The van der Waals surface area contributed by atoms with Crippen molar-refractivity contribution in [2.75, 3.05) is 32.2 Å². The number of halogens is 1. The van der Waals surface area contributed by atoms with Gasteiger partial charge in [-0.05, 0) is 37.0 Å². The minimum Gasteiger partial charge on any atom is -0.382 e. The van der Waals surface area contributed by atoms with E-state index in [1.165, 1.54) is 18.9 Å². The number of nitrogens with zero attached hydrogens (tertiary/aromatic N) is 1. The van der Waals surface area contributed by atoms with E-state index in [0.29, 0.717) is 19.1 Å². The quantitative estimate of drug-likeness (QED) is 0.841. The normalized spacial score (nSPS) is 18.4. The lowest BCUT2D eigenvalue weighted by Crippen LogP contribution is -2.57. The Morgan fingerprint density at radius 2 is 2.22 bits per heavy atom. The predicted octanol–water partition coefficient (Wildman–Crippen LogP) is 2.02. The van der Waals surface area contributed by atoms with Crippen molar-refractivity contribution in [3.05, 3.63) is 30.1 Å². The first-order chi connectivity index (χ1) is 8.64. The number of ether oxygens (including phenoxy) is 1. The Kier molecular flexibility index (Phi) is 3.88. The Morgan fingerprint density at radius 3 is 2.72 bits per heavy atom. The van der Waals surface area contributed by atoms with Gasteiger partial charge in [0, 0.05) is 26.4 Å². The summed E-state index contributed by atoms with van der Waals surface area (Å²) in [5.41, 5.74) is 6.63. The van der Waals surface area contributed by atoms with Gasteiger partial charge in [0.15, 0.2) is 0 Å². The first-order valence-electron chi connectivity index (χ1n) is 6.32. The molecule has 0 aliphatic heterocycles. The molecule has 1 aliphatic rings. The molecule has 18 heavy (non-hydrogen) atoms. The second kappa shape index (κ2) is 5.24. The Labute approximate surface area is 108 Å². The highest BCUT2D eigenvalue weighted by Crippen LogP contribution is 2.44. The summed E-state index contributed by atoms with van der Waals surface area (Å²) in [6.45, 7) is 1.08. The van der Waals surface area contributed by atoms with Gasteiger partial charge in [-0.25, -0.2) is 4.39 Å². The molecule has 1 saturated carbocycles. The van der Waals surface area contributed by atoms with Crippen LogP contribution < -0.4 is 10.6 Å². The summed E-state index contributed by atoms with van der Waals surface area (Å²) >= 11 is 0. The Hall–Kier alpha value is -1.13. The first kappa shape index (κ1) is 13.3. The topological polar surface area (TPSA) is 38.5 Å². The predicted molar refractivity (Wildman–Crippen MR) is 71.2 cm³/mol. The molecule has 0 heterocycles. The van der Waals surface area contributed by atoms with Crippen LogP contribution in [0.3, 0.4) is 0 Å². The second-order valence-electron chi connectivity index (χ2n) is 5.05. The molecule has 1 aromatic rings. The molecule has 0 bridgehead atoms. The van der Waals surface area contributed by atoms with Gasteiger partial charge >= 0.3 is 0 Å². The zero-order chi connectivity index (χ0) is 13.2. The van der Waals surface area contributed by atoms with Gasteiger partial charge in [0.2, 0.25) is 0 Å². The van der Waals surface area contributed by atoms with E-state index in [1.807, 2.05) is 13.1 Å². The van der Waals surface area contributed by atoms with E-state index in [2.05, 4.69) is 4.90 Å². The monoisotopic (exact) mass is 252 g/mol. The van der Waals surface area contributed by atoms with E-state index < -0.39 is 0 Å². The fourth-order valence-corrected chi connectivity index (χ4v) is 2.66. The Bertz CT molecular complexity index is 409. The summed E-state index contributed by atoms with van der Waals surface area (Å²) in [6, 6.07) is 6.63. The van der Waals surface area contributed by atoms with Crippen LogP contribution in [0.1, 0.15) is 12.8 Å². The molecular weight excluding hydrogens is 231 g/mol. The van der Waals surface area contributed by atoms with Gasteiger partial charge in [-0.15, -0.1) is 0 Å². The smallest absolute Gasteiger partial charge is 0.125 e. The molecule has 2 rings (SSSR count). The van der Waals surface area contributed by atoms with E-state index in [1.54, 1.807) is 19.2 Å². The third-order valence-corrected chi connectivity index (χ3v) is 3.95. The number of hydrogen-bond acceptors (Lipinski definition) is 3. The van der Waals surface area contributed by atoms with Crippen LogP contribution >= 0.6 is 0 Å². The van der Waals surface area contributed by atoms with Crippen molar-refractivity contribution in [1.82, 2.24) is 0 Å². The summed E-state index contributed by atoms with van der Waals surface area (Å²) in [4.78, 5) is 2.08. The molecule has 100 valence electrons. The van der Waals surface area contributed by atoms with Crippen LogP contribution in [0.4, 0.5) is 10.1 Å². The summed E-state index contributed by atoms with van der Waals surface area (Å²) in [6.07, 6.45) is 2.33. The molecule has 2 N–H and O–H groups in total. The molecule has 1 aromatic carbocycles. The highest BCUT2D eigenvalue weighted by molar-refractivity contribution is 5.49. The molecule has 0 aromatic heterocycles. The molecule has 0 saturated heterocycles. The first-order valence-corrected chi connectivity index (χ1v) is 6.32. The van der Waals surface area contributed by atoms with Gasteiger partial charge in [-0.1, -0.05) is 6.07 Å². The molecule has 1 unspecified atom stereocenters. The molecule has 0 radical (unpaired) electrons. The zero-order valence-corrected chi connectivity index (χ0v) is 11.0. The Balaban J connectivity index is 2.30. The fraction of sp³-hybridized carbons (Fsp3) is 0.571. The maximum absolute atomic E-state index is 13.3. The number of hydrogen-bond donors (Lipinski definition) is 1. The van der Waals surface area contributed by atoms with Crippen molar-refractivity contribution in [2.24, 2.45) is 11.7 Å². The summed E-state index contributed by atoms with van der Waals surface area (Å²) in [5.74, 6) is 0.314. The molecule has 0 spiro atoms. The van der Waals surface area contributed by atoms with Crippen molar-refractivity contribution in [3.8, 4) is 0 Å². The van der Waals surface area contributed by atoms with Crippen LogP contribution in [0, 0.1) is 11.7 Å². The SMILES string of the molecule is COCC(CN)(C1CC1)N(C)c1cccc(F)c1. The average molecular weight is 252 g/mol. The van der Waals surface area contributed by atoms with Crippen LogP contribution in [0.2, 0.25) is 0 Å². The average Bonchev–Trinajstić information content (AvgIpc) is 3.20. The lowest BCUT2D eigenvalue weighted by molar-refractivity contribution is 0.120. The van der Waals surface area contributed by atoms with Gasteiger partial charge in [0.25, 0.3) is 0 Å². The highest BCUT2D eigenvalue weighted by Gasteiger charge is 2.47. The number of benzene rings is 1. The molecule has 1 aliphatic carbocycles. The minimum atomic E-state index is -0.224. The van der Waals surface area contributed by atoms with Gasteiger partial charge in [-0.3, -0.25) is 0 Å². The standard InChI is InChI=1S/C14H21FN2O/c1-17(13-5-3-4-12(15)8-13)14(9-16,10-18-2)11-6-7-11/h3-5,8,11H,6-7,9-10,16H2,1-2H3. The lowest BCUT2D eigenvalue weighted by Gasteiger charge is -2.42. The number of methoxy groups -OCH3 is 1. The van der Waals surface area contributed by atoms with Crippen molar-refractivity contribution in [2.45, 2.75) is 18.4 Å². The summed E-state index contributed by atoms with van der Waals surface area (Å²) < 4.78 is 18.7. The van der Waals surface area contributed by atoms with Gasteiger partial charge in [0.05, 0.1) is 12.1 Å². The fourth-order valence-electron chi connectivity index (χ4n) is 2.66. The Morgan fingerprint density at radius 1 is 1.50 bits per heavy atom. The van der Waals surface area contributed by atoms with Crippen LogP contribution in [-0.4, -0.2) is 32.8 Å². The molecule has 0 amide bonds. The van der Waals surface area contributed by atoms with Gasteiger partial charge in [-0.2, -0.15) is 0 Å². The maximum atomic E-state index is 13.3. The van der Waals surface area contributed by atoms with Crippen molar-refractivity contribution in [3.63, 3.8) is 0 Å². The number of anilines is 1. The van der Waals surface area contributed by atoms with E-state index in [0.717, 1.165) is 5.69 Å². The van der Waals surface area contributed by atoms with Crippen LogP contribution in [0.25, 0.3) is 0 Å². The maximum Gasteiger partial charge on any atom is 0.125 e. The summed E-state index contributed by atoms with van der Waals surface area (Å²) in [5, 5.41) is 0. The molecule has 3 nitrogen and oxygen atoms in total. The minimum absolute atomic E-state index is 0.220.